The monoisotopic (exact) mass is 428 g/mol. The summed E-state index contributed by atoms with van der Waals surface area (Å²) in [5, 5.41) is -2.90. The van der Waals surface area contributed by atoms with Gasteiger partial charge < -0.3 is 0 Å². The van der Waals surface area contributed by atoms with Crippen LogP contribution in [0.5, 0.6) is 0 Å². The van der Waals surface area contributed by atoms with E-state index in [0.717, 1.165) is 0 Å². The van der Waals surface area contributed by atoms with Gasteiger partial charge in [-0.1, -0.05) is 0 Å². The maximum absolute atomic E-state index is 13.0. The summed E-state index contributed by atoms with van der Waals surface area (Å²) in [5.74, 6) is 0. The highest BCUT2D eigenvalue weighted by Gasteiger charge is 2.56. The molecule has 0 aromatic rings. The van der Waals surface area contributed by atoms with E-state index in [0.29, 0.717) is 0 Å². The SMILES string of the molecule is CCOOP(=O)(OOCC)C(CC(=O)Cl)P(=O)(OOCC)OOCC. The number of hydrogen-bond acceptors (Lipinski definition) is 11. The third kappa shape index (κ3) is 9.03. The topological polar surface area (TPSA) is 125 Å². The summed E-state index contributed by atoms with van der Waals surface area (Å²) in [7, 11) is -9.08. The standard InChI is InChI=1S/C11H23ClO11P2/c1-5-16-20-24(14,21-17-6-2)11(9-10(12)13)25(15,22-18-7-3)23-19-8-4/h11H,5-9H2,1-4H3. The van der Waals surface area contributed by atoms with E-state index in [1.165, 1.54) is 27.7 Å². The molecule has 0 aromatic heterocycles. The molecule has 0 spiro atoms. The maximum Gasteiger partial charge on any atom is 0.399 e. The average Bonchev–Trinajstić information content (AvgIpc) is 2.59. The Morgan fingerprint density at radius 2 is 1.04 bits per heavy atom. The average molecular weight is 429 g/mol. The van der Waals surface area contributed by atoms with Crippen LogP contribution in [0.25, 0.3) is 0 Å². The summed E-state index contributed by atoms with van der Waals surface area (Å²) in [6.07, 6.45) is -0.795. The molecule has 0 amide bonds. The van der Waals surface area contributed by atoms with Crippen LogP contribution in [0.4, 0.5) is 0 Å². The molecule has 0 aromatic carbocycles. The predicted molar refractivity (Wildman–Crippen MR) is 85.3 cm³/mol. The lowest BCUT2D eigenvalue weighted by Crippen LogP contribution is -2.20. The molecule has 0 N–H and O–H groups in total. The highest BCUT2D eigenvalue weighted by molar-refractivity contribution is 7.72. The molecule has 0 aliphatic rings. The van der Waals surface area contributed by atoms with E-state index in [-0.39, 0.29) is 26.4 Å². The van der Waals surface area contributed by atoms with Crippen molar-refractivity contribution >= 4 is 32.0 Å². The van der Waals surface area contributed by atoms with E-state index >= 15 is 0 Å². The van der Waals surface area contributed by atoms with Gasteiger partial charge in [0.15, 0.2) is 5.40 Å². The van der Waals surface area contributed by atoms with Gasteiger partial charge >= 0.3 is 15.2 Å². The molecule has 0 bridgehead atoms. The Balaban J connectivity index is 5.84. The maximum atomic E-state index is 13.0. The fourth-order valence-electron chi connectivity index (χ4n) is 1.27. The molecule has 25 heavy (non-hydrogen) atoms. The van der Waals surface area contributed by atoms with E-state index in [2.05, 4.69) is 19.6 Å². The molecule has 14 heteroatoms. The Kier molecular flexibility index (Phi) is 13.3. The van der Waals surface area contributed by atoms with Gasteiger partial charge in [0, 0.05) is 6.42 Å². The van der Waals surface area contributed by atoms with Crippen molar-refractivity contribution in [3.63, 3.8) is 0 Å². The number of carbonyl (C=O) groups excluding carboxylic acids is 1. The summed E-state index contributed by atoms with van der Waals surface area (Å²) >= 11 is 5.35. The van der Waals surface area contributed by atoms with Gasteiger partial charge in [0.25, 0.3) is 0 Å². The molecule has 0 aliphatic heterocycles. The number of hydrogen-bond donors (Lipinski definition) is 0. The first kappa shape index (κ1) is 25.1. The van der Waals surface area contributed by atoms with Crippen LogP contribution in [0.3, 0.4) is 0 Å². The summed E-state index contributed by atoms with van der Waals surface area (Å²) in [6, 6.07) is 0. The molecule has 0 saturated heterocycles. The first-order valence-corrected chi connectivity index (χ1v) is 11.0. The van der Waals surface area contributed by atoms with Crippen LogP contribution >= 0.6 is 26.8 Å². The van der Waals surface area contributed by atoms with Crippen molar-refractivity contribution < 1.29 is 52.2 Å². The Labute approximate surface area is 150 Å². The van der Waals surface area contributed by atoms with E-state index < -0.39 is 32.3 Å². The zero-order valence-corrected chi connectivity index (χ0v) is 16.9. The van der Waals surface area contributed by atoms with Crippen LogP contribution in [-0.4, -0.2) is 37.1 Å². The van der Waals surface area contributed by atoms with Crippen molar-refractivity contribution in [2.24, 2.45) is 0 Å². The summed E-state index contributed by atoms with van der Waals surface area (Å²) < 4.78 is 44.8. The fraction of sp³-hybridized carbons (Fsp3) is 0.909. The van der Waals surface area contributed by atoms with Gasteiger partial charge in [0.1, 0.15) is 0 Å². The van der Waals surface area contributed by atoms with Crippen LogP contribution in [0, 0.1) is 0 Å². The zero-order valence-electron chi connectivity index (χ0n) is 14.4. The van der Waals surface area contributed by atoms with Gasteiger partial charge in [-0.25, -0.2) is 19.6 Å². The second kappa shape index (κ2) is 13.3. The molecule has 0 aliphatic carbocycles. The normalized spacial score (nSPS) is 12.7. The third-order valence-electron chi connectivity index (χ3n) is 2.17. The molecule has 0 radical (unpaired) electrons. The Morgan fingerprint density at radius 3 is 1.24 bits per heavy atom. The number of carbonyl (C=O) groups is 1. The highest BCUT2D eigenvalue weighted by Crippen LogP contribution is 2.72. The molecular formula is C11H23ClO11P2. The van der Waals surface area contributed by atoms with Crippen molar-refractivity contribution in [3.05, 3.63) is 0 Å². The smallest absolute Gasteiger partial charge is 0.281 e. The Morgan fingerprint density at radius 1 is 0.760 bits per heavy atom. The van der Waals surface area contributed by atoms with E-state index in [9.17, 15) is 13.9 Å². The highest BCUT2D eigenvalue weighted by atomic mass is 35.5. The van der Waals surface area contributed by atoms with Crippen LogP contribution in [0.2, 0.25) is 0 Å². The summed E-state index contributed by atoms with van der Waals surface area (Å²) in [4.78, 5) is 29.9. The van der Waals surface area contributed by atoms with E-state index in [1.807, 2.05) is 0 Å². The quantitative estimate of drug-likeness (QED) is 0.154. The van der Waals surface area contributed by atoms with Crippen molar-refractivity contribution in [2.45, 2.75) is 39.5 Å². The van der Waals surface area contributed by atoms with E-state index in [1.54, 1.807) is 0 Å². The first-order chi connectivity index (χ1) is 11.8. The van der Waals surface area contributed by atoms with Gasteiger partial charge in [-0.3, -0.25) is 13.9 Å². The molecular weight excluding hydrogens is 406 g/mol. The summed E-state index contributed by atoms with van der Waals surface area (Å²) in [5.41, 5.74) is 0. The van der Waals surface area contributed by atoms with Crippen molar-refractivity contribution in [1.29, 1.82) is 0 Å². The second-order valence-corrected chi connectivity index (χ2v) is 8.88. The fourth-order valence-corrected chi connectivity index (χ4v) is 5.72. The molecule has 0 fully saturated rings. The van der Waals surface area contributed by atoms with Gasteiger partial charge in [0.2, 0.25) is 5.24 Å². The molecule has 11 nitrogen and oxygen atoms in total. The molecule has 150 valence electrons. The van der Waals surface area contributed by atoms with Gasteiger partial charge in [-0.2, -0.15) is 0 Å². The third-order valence-corrected chi connectivity index (χ3v) is 7.10. The predicted octanol–water partition coefficient (Wildman–Crippen LogP) is 3.73. The second-order valence-electron chi connectivity index (χ2n) is 4.04. The van der Waals surface area contributed by atoms with Gasteiger partial charge in [0.05, 0.1) is 26.4 Å². The number of rotatable bonds is 16. The van der Waals surface area contributed by atoms with E-state index in [4.69, 9.17) is 30.3 Å². The minimum absolute atomic E-state index is 0.0377. The lowest BCUT2D eigenvalue weighted by molar-refractivity contribution is -0.272. The largest absolute Gasteiger partial charge is 0.399 e. The summed E-state index contributed by atoms with van der Waals surface area (Å²) in [6.45, 7) is 5.96. The van der Waals surface area contributed by atoms with Gasteiger partial charge in [-0.15, -0.1) is 18.7 Å². The Bertz CT molecular complexity index is 417. The lowest BCUT2D eigenvalue weighted by Gasteiger charge is -2.27. The van der Waals surface area contributed by atoms with Crippen molar-refractivity contribution in [3.8, 4) is 0 Å². The van der Waals surface area contributed by atoms with Crippen molar-refractivity contribution in [2.75, 3.05) is 26.4 Å². The molecule has 0 rings (SSSR count). The van der Waals surface area contributed by atoms with Crippen LogP contribution in [0.1, 0.15) is 34.1 Å². The minimum Gasteiger partial charge on any atom is -0.281 e. The van der Waals surface area contributed by atoms with Crippen molar-refractivity contribution in [1.82, 2.24) is 0 Å². The minimum atomic E-state index is -4.54. The van der Waals surface area contributed by atoms with Crippen LogP contribution in [-0.2, 0) is 52.2 Å². The lowest BCUT2D eigenvalue weighted by atomic mass is 10.5. The first-order valence-electron chi connectivity index (χ1n) is 7.42. The Hall–Kier alpha value is 0.1000. The molecule has 0 atom stereocenters. The number of halogens is 1. The van der Waals surface area contributed by atoms with Gasteiger partial charge in [-0.05, 0) is 39.3 Å². The molecule has 0 heterocycles. The van der Waals surface area contributed by atoms with Crippen LogP contribution < -0.4 is 0 Å². The zero-order chi connectivity index (χ0) is 19.3. The molecule has 0 unspecified atom stereocenters. The molecule has 0 saturated carbocycles. The van der Waals surface area contributed by atoms with Crippen LogP contribution in [0.15, 0.2) is 0 Å².